The first-order chi connectivity index (χ1) is 4.57. The smallest absolute Gasteiger partial charge is 0.0125 e. The average Bonchev–Trinajstić information content (AvgIpc) is 2.38. The second-order valence-corrected chi connectivity index (χ2v) is 4.83. The molecule has 1 unspecified atom stereocenters. The number of nitrogens with zero attached hydrogens (tertiary/aromatic N) is 1. The molecule has 1 aliphatic carbocycles. The van der Waals surface area contributed by atoms with Crippen molar-refractivity contribution in [2.45, 2.75) is 32.7 Å². The Morgan fingerprint density at radius 3 is 1.90 bits per heavy atom. The first-order valence-corrected chi connectivity index (χ1v) is 4.32. The molecule has 1 saturated heterocycles. The Bertz CT molecular complexity index is 135. The van der Waals surface area contributed by atoms with Crippen LogP contribution in [0.5, 0.6) is 0 Å². The number of likely N-dealkylation sites (tertiary alicyclic amines) is 1. The lowest BCUT2D eigenvalue weighted by Gasteiger charge is -2.32. The molecule has 0 N–H and O–H groups in total. The van der Waals surface area contributed by atoms with E-state index < -0.39 is 0 Å². The molecule has 0 radical (unpaired) electrons. The van der Waals surface area contributed by atoms with Gasteiger partial charge in [-0.15, -0.1) is 0 Å². The fourth-order valence-corrected chi connectivity index (χ4v) is 1.95. The third-order valence-corrected chi connectivity index (χ3v) is 2.93. The van der Waals surface area contributed by atoms with Crippen LogP contribution in [0.1, 0.15) is 27.2 Å². The zero-order valence-corrected chi connectivity index (χ0v) is 7.22. The summed E-state index contributed by atoms with van der Waals surface area (Å²) in [6.07, 6.45) is 1.52. The molecule has 0 bridgehead atoms. The van der Waals surface area contributed by atoms with Crippen molar-refractivity contribution in [2.75, 3.05) is 13.1 Å². The van der Waals surface area contributed by atoms with Crippen molar-refractivity contribution in [1.29, 1.82) is 0 Å². The lowest BCUT2D eigenvalue weighted by molar-refractivity contribution is 0.156. The lowest BCUT2D eigenvalue weighted by atomic mass is 10.1. The largest absolute Gasteiger partial charge is 0.298 e. The first kappa shape index (κ1) is 6.66. The molecule has 0 spiro atoms. The van der Waals surface area contributed by atoms with Gasteiger partial charge in [-0.25, -0.2) is 0 Å². The standard InChI is InChI=1S/C9H17N/c1-9(2,3)10-5-7-4-8(7)6-10/h7-8H,4-6H2,1-3H3/t7-,8?/m1/s1. The van der Waals surface area contributed by atoms with E-state index in [0.717, 1.165) is 11.8 Å². The topological polar surface area (TPSA) is 3.24 Å². The van der Waals surface area contributed by atoms with E-state index in [2.05, 4.69) is 25.7 Å². The molecular formula is C9H17N. The Morgan fingerprint density at radius 1 is 1.10 bits per heavy atom. The number of hydrogen-bond acceptors (Lipinski definition) is 1. The fraction of sp³-hybridized carbons (Fsp3) is 1.00. The summed E-state index contributed by atoms with van der Waals surface area (Å²) in [7, 11) is 0. The van der Waals surface area contributed by atoms with Crippen molar-refractivity contribution in [2.24, 2.45) is 11.8 Å². The second-order valence-electron chi connectivity index (χ2n) is 4.83. The Labute approximate surface area is 63.4 Å². The van der Waals surface area contributed by atoms with Crippen molar-refractivity contribution in [1.82, 2.24) is 4.90 Å². The Balaban J connectivity index is 1.97. The van der Waals surface area contributed by atoms with E-state index in [1.165, 1.54) is 19.5 Å². The molecule has 1 saturated carbocycles. The number of rotatable bonds is 0. The van der Waals surface area contributed by atoms with Crippen molar-refractivity contribution in [3.8, 4) is 0 Å². The van der Waals surface area contributed by atoms with Crippen LogP contribution in [-0.4, -0.2) is 23.5 Å². The summed E-state index contributed by atoms with van der Waals surface area (Å²) < 4.78 is 0. The highest BCUT2D eigenvalue weighted by molar-refractivity contribution is 4.99. The van der Waals surface area contributed by atoms with Crippen LogP contribution in [0, 0.1) is 11.8 Å². The zero-order valence-electron chi connectivity index (χ0n) is 7.22. The van der Waals surface area contributed by atoms with E-state index in [1.54, 1.807) is 0 Å². The normalized spacial score (nSPS) is 39.9. The van der Waals surface area contributed by atoms with Gasteiger partial charge in [-0.3, -0.25) is 4.90 Å². The molecule has 1 aliphatic heterocycles. The maximum Gasteiger partial charge on any atom is 0.0125 e. The summed E-state index contributed by atoms with van der Waals surface area (Å²) in [5.41, 5.74) is 0.424. The molecule has 0 aromatic carbocycles. The molecule has 10 heavy (non-hydrogen) atoms. The SMILES string of the molecule is CC(C)(C)N1CC2C[C@@H]2C1. The van der Waals surface area contributed by atoms with Crippen LogP contribution >= 0.6 is 0 Å². The van der Waals surface area contributed by atoms with Crippen LogP contribution in [-0.2, 0) is 0 Å². The minimum absolute atomic E-state index is 0.424. The molecule has 2 aliphatic rings. The molecule has 2 atom stereocenters. The summed E-state index contributed by atoms with van der Waals surface area (Å²) in [6.45, 7) is 9.69. The van der Waals surface area contributed by atoms with Gasteiger partial charge in [0, 0.05) is 18.6 Å². The Hall–Kier alpha value is -0.0400. The van der Waals surface area contributed by atoms with Crippen molar-refractivity contribution >= 4 is 0 Å². The van der Waals surface area contributed by atoms with Gasteiger partial charge >= 0.3 is 0 Å². The molecule has 58 valence electrons. The van der Waals surface area contributed by atoms with Crippen LogP contribution in [0.25, 0.3) is 0 Å². The number of fused-ring (bicyclic) bond motifs is 1. The second kappa shape index (κ2) is 1.76. The van der Waals surface area contributed by atoms with E-state index >= 15 is 0 Å². The molecular weight excluding hydrogens is 122 g/mol. The molecule has 2 rings (SSSR count). The van der Waals surface area contributed by atoms with E-state index in [-0.39, 0.29) is 0 Å². The molecule has 0 aromatic rings. The van der Waals surface area contributed by atoms with Gasteiger partial charge in [0.1, 0.15) is 0 Å². The van der Waals surface area contributed by atoms with Crippen LogP contribution in [0.3, 0.4) is 0 Å². The molecule has 2 fully saturated rings. The van der Waals surface area contributed by atoms with Gasteiger partial charge in [0.15, 0.2) is 0 Å². The fourth-order valence-electron chi connectivity index (χ4n) is 1.95. The molecule has 1 heteroatoms. The maximum absolute atomic E-state index is 2.62. The van der Waals surface area contributed by atoms with Gasteiger partial charge in [-0.2, -0.15) is 0 Å². The lowest BCUT2D eigenvalue weighted by Crippen LogP contribution is -2.40. The van der Waals surface area contributed by atoms with E-state index in [0.29, 0.717) is 5.54 Å². The average molecular weight is 139 g/mol. The zero-order chi connectivity index (χ0) is 7.35. The third kappa shape index (κ3) is 0.968. The summed E-state index contributed by atoms with van der Waals surface area (Å²) in [4.78, 5) is 2.62. The van der Waals surface area contributed by atoms with E-state index in [9.17, 15) is 0 Å². The quantitative estimate of drug-likeness (QED) is 0.494. The highest BCUT2D eigenvalue weighted by Crippen LogP contribution is 2.46. The predicted octanol–water partition coefficient (Wildman–Crippen LogP) is 1.74. The highest BCUT2D eigenvalue weighted by atomic mass is 15.2. The predicted molar refractivity (Wildman–Crippen MR) is 42.9 cm³/mol. The van der Waals surface area contributed by atoms with Crippen molar-refractivity contribution in [3.05, 3.63) is 0 Å². The molecule has 1 nitrogen and oxygen atoms in total. The van der Waals surface area contributed by atoms with Crippen molar-refractivity contribution < 1.29 is 0 Å². The molecule has 0 amide bonds. The minimum atomic E-state index is 0.424. The van der Waals surface area contributed by atoms with Gasteiger partial charge in [0.25, 0.3) is 0 Å². The summed E-state index contributed by atoms with van der Waals surface area (Å²) in [5, 5.41) is 0. The molecule has 0 aromatic heterocycles. The molecule has 1 heterocycles. The van der Waals surface area contributed by atoms with E-state index in [4.69, 9.17) is 0 Å². The number of piperidine rings is 1. The van der Waals surface area contributed by atoms with Gasteiger partial charge in [0.05, 0.1) is 0 Å². The van der Waals surface area contributed by atoms with Gasteiger partial charge < -0.3 is 0 Å². The Kier molecular flexibility index (Phi) is 1.17. The van der Waals surface area contributed by atoms with Crippen molar-refractivity contribution in [3.63, 3.8) is 0 Å². The maximum atomic E-state index is 2.62. The summed E-state index contributed by atoms with van der Waals surface area (Å²) >= 11 is 0. The van der Waals surface area contributed by atoms with Crippen LogP contribution in [0.4, 0.5) is 0 Å². The summed E-state index contributed by atoms with van der Waals surface area (Å²) in [5.74, 6) is 2.17. The van der Waals surface area contributed by atoms with Crippen LogP contribution in [0.15, 0.2) is 0 Å². The third-order valence-electron chi connectivity index (χ3n) is 2.93. The highest BCUT2D eigenvalue weighted by Gasteiger charge is 2.47. The van der Waals surface area contributed by atoms with Gasteiger partial charge in [0.2, 0.25) is 0 Å². The monoisotopic (exact) mass is 139 g/mol. The van der Waals surface area contributed by atoms with E-state index in [1.807, 2.05) is 0 Å². The van der Waals surface area contributed by atoms with Crippen LogP contribution in [0.2, 0.25) is 0 Å². The van der Waals surface area contributed by atoms with Gasteiger partial charge in [-0.05, 0) is 39.0 Å². The van der Waals surface area contributed by atoms with Crippen LogP contribution < -0.4 is 0 Å². The Morgan fingerprint density at radius 2 is 1.60 bits per heavy atom. The first-order valence-electron chi connectivity index (χ1n) is 4.32. The number of hydrogen-bond donors (Lipinski definition) is 0. The minimum Gasteiger partial charge on any atom is -0.298 e. The van der Waals surface area contributed by atoms with Gasteiger partial charge in [-0.1, -0.05) is 0 Å². The summed E-state index contributed by atoms with van der Waals surface area (Å²) in [6, 6.07) is 0.